The molecule has 1 aromatic heterocycles. The van der Waals surface area contributed by atoms with Crippen molar-refractivity contribution in [2.24, 2.45) is 5.92 Å². The Hall–Kier alpha value is -1.03. The zero-order chi connectivity index (χ0) is 11.5. The minimum Gasteiger partial charge on any atom is -0.368 e. The predicted molar refractivity (Wildman–Crippen MR) is 66.7 cm³/mol. The molecule has 1 aromatic rings. The number of nitrogens with two attached hydrogens (primary N) is 1. The van der Waals surface area contributed by atoms with Crippen molar-refractivity contribution in [2.45, 2.75) is 26.2 Å². The summed E-state index contributed by atoms with van der Waals surface area (Å²) in [6, 6.07) is 1.79. The summed E-state index contributed by atoms with van der Waals surface area (Å²) in [7, 11) is 0. The smallest absolute Gasteiger partial charge is 0.223 e. The van der Waals surface area contributed by atoms with Gasteiger partial charge in [-0.25, -0.2) is 4.98 Å². The number of halogens is 1. The van der Waals surface area contributed by atoms with E-state index in [4.69, 9.17) is 17.3 Å². The molecule has 0 bridgehead atoms. The lowest BCUT2D eigenvalue weighted by Crippen LogP contribution is -2.25. The Morgan fingerprint density at radius 1 is 1.38 bits per heavy atom. The van der Waals surface area contributed by atoms with E-state index < -0.39 is 0 Å². The molecule has 1 aliphatic rings. The summed E-state index contributed by atoms with van der Waals surface area (Å²) in [5, 5.41) is 0.416. The summed E-state index contributed by atoms with van der Waals surface area (Å²) in [6.45, 7) is 4.34. The molecule has 0 aromatic carbocycles. The topological polar surface area (TPSA) is 55.0 Å². The van der Waals surface area contributed by atoms with Gasteiger partial charge in [0, 0.05) is 19.2 Å². The minimum atomic E-state index is 0.250. The number of nitrogens with zero attached hydrogens (tertiary/aromatic N) is 3. The van der Waals surface area contributed by atoms with Gasteiger partial charge in [0.15, 0.2) is 0 Å². The highest BCUT2D eigenvalue weighted by atomic mass is 35.5. The van der Waals surface area contributed by atoms with Crippen LogP contribution in [0.5, 0.6) is 0 Å². The summed E-state index contributed by atoms with van der Waals surface area (Å²) >= 11 is 5.88. The fraction of sp³-hybridized carbons (Fsp3) is 0.636. The van der Waals surface area contributed by atoms with Gasteiger partial charge < -0.3 is 10.6 Å². The van der Waals surface area contributed by atoms with Gasteiger partial charge in [-0.15, -0.1) is 0 Å². The molecule has 1 atom stereocenters. The number of hydrogen-bond acceptors (Lipinski definition) is 4. The van der Waals surface area contributed by atoms with Crippen LogP contribution < -0.4 is 10.6 Å². The fourth-order valence-electron chi connectivity index (χ4n) is 2.08. The van der Waals surface area contributed by atoms with Crippen LogP contribution >= 0.6 is 11.6 Å². The largest absolute Gasteiger partial charge is 0.368 e. The molecule has 5 heteroatoms. The van der Waals surface area contributed by atoms with Gasteiger partial charge in [0.05, 0.1) is 0 Å². The van der Waals surface area contributed by atoms with Crippen LogP contribution in [0, 0.1) is 5.92 Å². The maximum Gasteiger partial charge on any atom is 0.223 e. The molecule has 0 saturated carbocycles. The Bertz CT molecular complexity index is 349. The van der Waals surface area contributed by atoms with E-state index >= 15 is 0 Å². The van der Waals surface area contributed by atoms with Crippen molar-refractivity contribution in [1.29, 1.82) is 0 Å². The van der Waals surface area contributed by atoms with E-state index in [1.165, 1.54) is 19.3 Å². The Labute approximate surface area is 101 Å². The van der Waals surface area contributed by atoms with Crippen molar-refractivity contribution in [2.75, 3.05) is 23.7 Å². The zero-order valence-corrected chi connectivity index (χ0v) is 10.2. The quantitative estimate of drug-likeness (QED) is 0.766. The molecular formula is C11H17ClN4. The lowest BCUT2D eigenvalue weighted by atomic mass is 10.0. The van der Waals surface area contributed by atoms with Crippen LogP contribution in [-0.2, 0) is 0 Å². The first-order valence-corrected chi connectivity index (χ1v) is 6.08. The van der Waals surface area contributed by atoms with Gasteiger partial charge in [0.1, 0.15) is 11.0 Å². The van der Waals surface area contributed by atoms with Crippen LogP contribution in [-0.4, -0.2) is 23.1 Å². The molecular weight excluding hydrogens is 224 g/mol. The van der Waals surface area contributed by atoms with Gasteiger partial charge in [-0.1, -0.05) is 18.5 Å². The molecule has 1 aliphatic heterocycles. The standard InChI is InChI=1S/C11H17ClN4/c1-8-3-2-5-16(6-4-8)10-7-9(12)14-11(13)15-10/h7-8H,2-6H2,1H3,(H2,13,14,15). The van der Waals surface area contributed by atoms with E-state index in [0.29, 0.717) is 5.15 Å². The third-order valence-electron chi connectivity index (χ3n) is 3.04. The Balaban J connectivity index is 2.16. The summed E-state index contributed by atoms with van der Waals surface area (Å²) in [5.74, 6) is 1.89. The number of anilines is 2. The first kappa shape index (κ1) is 11.5. The van der Waals surface area contributed by atoms with Crippen LogP contribution in [0.4, 0.5) is 11.8 Å². The number of nitrogen functional groups attached to an aromatic ring is 1. The Morgan fingerprint density at radius 3 is 2.94 bits per heavy atom. The van der Waals surface area contributed by atoms with E-state index in [1.807, 2.05) is 0 Å². The molecule has 0 radical (unpaired) electrons. The number of aromatic nitrogens is 2. The zero-order valence-electron chi connectivity index (χ0n) is 9.49. The summed E-state index contributed by atoms with van der Waals surface area (Å²) in [4.78, 5) is 10.3. The minimum absolute atomic E-state index is 0.250. The van der Waals surface area contributed by atoms with E-state index in [2.05, 4.69) is 21.8 Å². The number of hydrogen-bond donors (Lipinski definition) is 1. The van der Waals surface area contributed by atoms with Crippen molar-refractivity contribution in [1.82, 2.24) is 9.97 Å². The third kappa shape index (κ3) is 2.76. The van der Waals surface area contributed by atoms with E-state index in [1.54, 1.807) is 6.07 Å². The molecule has 88 valence electrons. The fourth-order valence-corrected chi connectivity index (χ4v) is 2.26. The molecule has 0 aliphatic carbocycles. The summed E-state index contributed by atoms with van der Waals surface area (Å²) in [6.07, 6.45) is 3.68. The maximum absolute atomic E-state index is 5.88. The normalized spacial score (nSPS) is 21.9. The second kappa shape index (κ2) is 4.87. The first-order chi connectivity index (χ1) is 7.65. The summed E-state index contributed by atoms with van der Waals surface area (Å²) < 4.78 is 0. The number of rotatable bonds is 1. The predicted octanol–water partition coefficient (Wildman–Crippen LogP) is 2.34. The van der Waals surface area contributed by atoms with Gasteiger partial charge in [-0.2, -0.15) is 4.98 Å². The second-order valence-corrected chi connectivity index (χ2v) is 4.82. The molecule has 1 unspecified atom stereocenters. The van der Waals surface area contributed by atoms with E-state index in [0.717, 1.165) is 24.8 Å². The van der Waals surface area contributed by atoms with Gasteiger partial charge in [0.25, 0.3) is 0 Å². The monoisotopic (exact) mass is 240 g/mol. The van der Waals surface area contributed by atoms with Crippen LogP contribution in [0.3, 0.4) is 0 Å². The maximum atomic E-state index is 5.88. The van der Waals surface area contributed by atoms with Crippen molar-refractivity contribution >= 4 is 23.4 Å². The average molecular weight is 241 g/mol. The molecule has 2 heterocycles. The highest BCUT2D eigenvalue weighted by molar-refractivity contribution is 6.29. The molecule has 0 spiro atoms. The van der Waals surface area contributed by atoms with Gasteiger partial charge >= 0.3 is 0 Å². The van der Waals surface area contributed by atoms with Crippen molar-refractivity contribution in [3.05, 3.63) is 11.2 Å². The molecule has 2 rings (SSSR count). The SMILES string of the molecule is CC1CCCN(c2cc(Cl)nc(N)n2)CC1. The second-order valence-electron chi connectivity index (χ2n) is 4.43. The molecule has 4 nitrogen and oxygen atoms in total. The Morgan fingerprint density at radius 2 is 2.19 bits per heavy atom. The van der Waals surface area contributed by atoms with Crippen LogP contribution in [0.1, 0.15) is 26.2 Å². The van der Waals surface area contributed by atoms with E-state index in [9.17, 15) is 0 Å². The van der Waals surface area contributed by atoms with Crippen LogP contribution in [0.2, 0.25) is 5.15 Å². The molecule has 0 amide bonds. The van der Waals surface area contributed by atoms with Gasteiger partial charge in [0.2, 0.25) is 5.95 Å². The average Bonchev–Trinajstić information content (AvgIpc) is 2.41. The first-order valence-electron chi connectivity index (χ1n) is 5.70. The van der Waals surface area contributed by atoms with Gasteiger partial charge in [-0.05, 0) is 25.2 Å². The summed E-state index contributed by atoms with van der Waals surface area (Å²) in [5.41, 5.74) is 5.60. The van der Waals surface area contributed by atoms with Crippen molar-refractivity contribution < 1.29 is 0 Å². The molecule has 1 fully saturated rings. The molecule has 2 N–H and O–H groups in total. The van der Waals surface area contributed by atoms with Crippen molar-refractivity contribution in [3.63, 3.8) is 0 Å². The van der Waals surface area contributed by atoms with Crippen LogP contribution in [0.25, 0.3) is 0 Å². The molecule has 16 heavy (non-hydrogen) atoms. The Kier molecular flexibility index (Phi) is 3.49. The van der Waals surface area contributed by atoms with E-state index in [-0.39, 0.29) is 5.95 Å². The van der Waals surface area contributed by atoms with Gasteiger partial charge in [-0.3, -0.25) is 0 Å². The lowest BCUT2D eigenvalue weighted by molar-refractivity contribution is 0.521. The molecule has 1 saturated heterocycles. The highest BCUT2D eigenvalue weighted by Gasteiger charge is 2.15. The van der Waals surface area contributed by atoms with Crippen molar-refractivity contribution in [3.8, 4) is 0 Å². The highest BCUT2D eigenvalue weighted by Crippen LogP contribution is 2.22. The van der Waals surface area contributed by atoms with Crippen LogP contribution in [0.15, 0.2) is 6.07 Å². The lowest BCUT2D eigenvalue weighted by Gasteiger charge is -2.21. The third-order valence-corrected chi connectivity index (χ3v) is 3.23.